The molecule has 3 atom stereocenters. The van der Waals surface area contributed by atoms with Gasteiger partial charge in [-0.25, -0.2) is 13.6 Å². The second-order valence-corrected chi connectivity index (χ2v) is 7.82. The van der Waals surface area contributed by atoms with Crippen molar-refractivity contribution in [2.45, 2.75) is 43.6 Å². The fourth-order valence-corrected chi connectivity index (χ4v) is 3.81. The maximum absolute atomic E-state index is 13.2. The predicted molar refractivity (Wildman–Crippen MR) is 87.4 cm³/mol. The first-order chi connectivity index (χ1) is 10.8. The van der Waals surface area contributed by atoms with Crippen LogP contribution in [-0.4, -0.2) is 34.2 Å². The first-order valence-electron chi connectivity index (χ1n) is 7.62. The number of rotatable bonds is 5. The second kappa shape index (κ2) is 7.49. The van der Waals surface area contributed by atoms with Gasteiger partial charge in [-0.2, -0.15) is 11.8 Å². The summed E-state index contributed by atoms with van der Waals surface area (Å²) in [6, 6.07) is 2.18. The predicted octanol–water partition coefficient (Wildman–Crippen LogP) is 2.97. The third kappa shape index (κ3) is 4.81. The fourth-order valence-electron chi connectivity index (χ4n) is 2.57. The Hall–Kier alpha value is -1.34. The highest BCUT2D eigenvalue weighted by atomic mass is 32.2. The lowest BCUT2D eigenvalue weighted by Gasteiger charge is -2.25. The SMILES string of the molecule is CC(NC(=O)NCC1(C)CCCS1)C(O)c1ccc(F)c(F)c1. The van der Waals surface area contributed by atoms with Crippen molar-refractivity contribution < 1.29 is 18.7 Å². The third-order valence-electron chi connectivity index (χ3n) is 4.04. The average molecular weight is 344 g/mol. The zero-order chi connectivity index (χ0) is 17.0. The molecule has 7 heteroatoms. The largest absolute Gasteiger partial charge is 0.386 e. The van der Waals surface area contributed by atoms with Gasteiger partial charge in [-0.3, -0.25) is 0 Å². The summed E-state index contributed by atoms with van der Waals surface area (Å²) in [4.78, 5) is 11.9. The van der Waals surface area contributed by atoms with Crippen molar-refractivity contribution in [1.29, 1.82) is 0 Å². The van der Waals surface area contributed by atoms with E-state index in [0.717, 1.165) is 30.7 Å². The molecule has 3 unspecified atom stereocenters. The lowest BCUT2D eigenvalue weighted by atomic mass is 10.0. The van der Waals surface area contributed by atoms with E-state index in [9.17, 15) is 18.7 Å². The van der Waals surface area contributed by atoms with Gasteiger partial charge < -0.3 is 15.7 Å². The Bertz CT molecular complexity index is 565. The van der Waals surface area contributed by atoms with Crippen LogP contribution in [0, 0.1) is 11.6 Å². The van der Waals surface area contributed by atoms with Crippen molar-refractivity contribution in [2.24, 2.45) is 0 Å². The van der Waals surface area contributed by atoms with Crippen molar-refractivity contribution in [2.75, 3.05) is 12.3 Å². The van der Waals surface area contributed by atoms with Crippen molar-refractivity contribution in [3.63, 3.8) is 0 Å². The molecule has 0 saturated carbocycles. The van der Waals surface area contributed by atoms with Crippen LogP contribution in [0.5, 0.6) is 0 Å². The number of carbonyl (C=O) groups is 1. The Balaban J connectivity index is 1.85. The van der Waals surface area contributed by atoms with Gasteiger partial charge in [0.1, 0.15) is 0 Å². The molecule has 1 aromatic rings. The number of thioether (sulfide) groups is 1. The van der Waals surface area contributed by atoms with E-state index < -0.39 is 23.8 Å². The molecular formula is C16H22F2N2O2S. The van der Waals surface area contributed by atoms with Gasteiger partial charge in [0.15, 0.2) is 11.6 Å². The molecule has 1 aromatic carbocycles. The molecule has 1 fully saturated rings. The molecule has 1 aliphatic rings. The van der Waals surface area contributed by atoms with Gasteiger partial charge in [0.2, 0.25) is 0 Å². The minimum Gasteiger partial charge on any atom is -0.386 e. The molecule has 1 heterocycles. The van der Waals surface area contributed by atoms with Crippen molar-refractivity contribution >= 4 is 17.8 Å². The first-order valence-corrected chi connectivity index (χ1v) is 8.61. The highest BCUT2D eigenvalue weighted by Gasteiger charge is 2.30. The van der Waals surface area contributed by atoms with E-state index in [1.807, 2.05) is 11.8 Å². The minimum atomic E-state index is -1.12. The molecule has 0 radical (unpaired) electrons. The number of aliphatic hydroxyl groups excluding tert-OH is 1. The normalized spacial score (nSPS) is 23.3. The average Bonchev–Trinajstić information content (AvgIpc) is 2.94. The number of hydrogen-bond acceptors (Lipinski definition) is 3. The van der Waals surface area contributed by atoms with Gasteiger partial charge in [-0.15, -0.1) is 0 Å². The van der Waals surface area contributed by atoms with E-state index in [2.05, 4.69) is 17.6 Å². The van der Waals surface area contributed by atoms with Crippen LogP contribution in [0.3, 0.4) is 0 Å². The molecule has 2 amide bonds. The molecular weight excluding hydrogens is 322 g/mol. The van der Waals surface area contributed by atoms with Crippen molar-refractivity contribution in [3.05, 3.63) is 35.4 Å². The molecule has 4 nitrogen and oxygen atoms in total. The van der Waals surface area contributed by atoms with Gasteiger partial charge in [-0.1, -0.05) is 6.07 Å². The van der Waals surface area contributed by atoms with E-state index in [-0.39, 0.29) is 16.3 Å². The van der Waals surface area contributed by atoms with Gasteiger partial charge in [-0.05, 0) is 50.1 Å². The topological polar surface area (TPSA) is 61.4 Å². The monoisotopic (exact) mass is 344 g/mol. The standard InChI is InChI=1S/C16H22F2N2O2S/c1-10(14(21)11-4-5-12(17)13(18)8-11)20-15(22)19-9-16(2)6-3-7-23-16/h4-5,8,10,14,21H,3,6-7,9H2,1-2H3,(H2,19,20,22). The summed E-state index contributed by atoms with van der Waals surface area (Å²) in [7, 11) is 0. The highest BCUT2D eigenvalue weighted by molar-refractivity contribution is 8.00. The number of aliphatic hydroxyl groups is 1. The minimum absolute atomic E-state index is 0.0548. The number of nitrogens with one attached hydrogen (secondary N) is 2. The van der Waals surface area contributed by atoms with Crippen LogP contribution in [-0.2, 0) is 0 Å². The van der Waals surface area contributed by atoms with Crippen LogP contribution in [0.1, 0.15) is 38.4 Å². The summed E-state index contributed by atoms with van der Waals surface area (Å²) in [6.07, 6.45) is 1.09. The second-order valence-electron chi connectivity index (χ2n) is 6.14. The Morgan fingerprint density at radius 2 is 2.17 bits per heavy atom. The van der Waals surface area contributed by atoms with Gasteiger partial charge in [0.05, 0.1) is 12.1 Å². The molecule has 3 N–H and O–H groups in total. The smallest absolute Gasteiger partial charge is 0.315 e. The third-order valence-corrected chi connectivity index (χ3v) is 5.58. The molecule has 23 heavy (non-hydrogen) atoms. The van der Waals surface area contributed by atoms with E-state index in [0.29, 0.717) is 6.54 Å². The fraction of sp³-hybridized carbons (Fsp3) is 0.562. The van der Waals surface area contributed by atoms with E-state index in [4.69, 9.17) is 0 Å². The number of hydrogen-bond donors (Lipinski definition) is 3. The number of halogens is 2. The van der Waals surface area contributed by atoms with Gasteiger partial charge >= 0.3 is 6.03 Å². The van der Waals surface area contributed by atoms with Crippen molar-refractivity contribution in [3.8, 4) is 0 Å². The lowest BCUT2D eigenvalue weighted by Crippen LogP contribution is -2.47. The number of carbonyl (C=O) groups excluding carboxylic acids is 1. The highest BCUT2D eigenvalue weighted by Crippen LogP contribution is 2.36. The van der Waals surface area contributed by atoms with Crippen LogP contribution in [0.25, 0.3) is 0 Å². The zero-order valence-electron chi connectivity index (χ0n) is 13.2. The molecule has 0 spiro atoms. The quantitative estimate of drug-likeness (QED) is 0.770. The summed E-state index contributed by atoms with van der Waals surface area (Å²) in [6.45, 7) is 4.28. The van der Waals surface area contributed by atoms with Crippen LogP contribution in [0.15, 0.2) is 18.2 Å². The van der Waals surface area contributed by atoms with Crippen molar-refractivity contribution in [1.82, 2.24) is 10.6 Å². The summed E-state index contributed by atoms with van der Waals surface area (Å²) in [5.41, 5.74) is 0.218. The molecule has 0 bridgehead atoms. The van der Waals surface area contributed by atoms with Gasteiger partial charge in [0.25, 0.3) is 0 Å². The van der Waals surface area contributed by atoms with E-state index in [1.54, 1.807) is 6.92 Å². The van der Waals surface area contributed by atoms with Crippen LogP contribution >= 0.6 is 11.8 Å². The Morgan fingerprint density at radius 1 is 1.43 bits per heavy atom. The molecule has 1 aliphatic heterocycles. The Morgan fingerprint density at radius 3 is 2.78 bits per heavy atom. The number of amides is 2. The molecule has 0 aromatic heterocycles. The maximum Gasteiger partial charge on any atom is 0.315 e. The maximum atomic E-state index is 13.2. The van der Waals surface area contributed by atoms with E-state index >= 15 is 0 Å². The molecule has 2 rings (SSSR count). The lowest BCUT2D eigenvalue weighted by molar-refractivity contribution is 0.137. The summed E-state index contributed by atoms with van der Waals surface area (Å²) < 4.78 is 26.2. The van der Waals surface area contributed by atoms with Gasteiger partial charge in [0, 0.05) is 11.3 Å². The Kier molecular flexibility index (Phi) is 5.86. The molecule has 128 valence electrons. The first kappa shape index (κ1) is 18.0. The summed E-state index contributed by atoms with van der Waals surface area (Å²) >= 11 is 1.84. The Labute approximate surface area is 139 Å². The van der Waals surface area contributed by atoms with Crippen LogP contribution < -0.4 is 10.6 Å². The summed E-state index contributed by atoms with van der Waals surface area (Å²) in [5, 5.41) is 15.6. The number of benzene rings is 1. The molecule has 1 saturated heterocycles. The van der Waals surface area contributed by atoms with Crippen LogP contribution in [0.4, 0.5) is 13.6 Å². The summed E-state index contributed by atoms with van der Waals surface area (Å²) in [5.74, 6) is -0.892. The zero-order valence-corrected chi connectivity index (χ0v) is 14.1. The number of urea groups is 1. The molecule has 0 aliphatic carbocycles. The van der Waals surface area contributed by atoms with E-state index in [1.165, 1.54) is 6.07 Å². The van der Waals surface area contributed by atoms with Crippen LogP contribution in [0.2, 0.25) is 0 Å².